The predicted octanol–water partition coefficient (Wildman–Crippen LogP) is 2.54. The van der Waals surface area contributed by atoms with Gasteiger partial charge in [0.15, 0.2) is 11.6 Å². The number of furan rings is 1. The molecule has 2 aliphatic rings. The monoisotopic (exact) mass is 372 g/mol. The van der Waals surface area contributed by atoms with Crippen molar-refractivity contribution in [3.8, 4) is 0 Å². The van der Waals surface area contributed by atoms with Gasteiger partial charge in [-0.2, -0.15) is 0 Å². The van der Waals surface area contributed by atoms with Crippen LogP contribution in [0, 0.1) is 5.92 Å². The van der Waals surface area contributed by atoms with Crippen LogP contribution in [0.25, 0.3) is 0 Å². The molecule has 0 N–H and O–H groups in total. The third-order valence-electron chi connectivity index (χ3n) is 5.81. The maximum absolute atomic E-state index is 12.5. The molecule has 1 atom stereocenters. The van der Waals surface area contributed by atoms with Gasteiger partial charge in [-0.25, -0.2) is 4.68 Å². The first-order valence-corrected chi connectivity index (χ1v) is 9.99. The Hall–Kier alpha value is -2.22. The Morgan fingerprint density at radius 1 is 1.19 bits per heavy atom. The Labute approximate surface area is 159 Å². The molecule has 27 heavy (non-hydrogen) atoms. The molecule has 146 valence electrons. The van der Waals surface area contributed by atoms with Gasteiger partial charge >= 0.3 is 0 Å². The van der Waals surface area contributed by atoms with E-state index in [1.807, 2.05) is 4.90 Å². The standard InChI is InChI=1S/C19H28N6O2/c1-14(2)17(18-20-21-22-25(18)15-6-3-4-7-15)23-9-11-24(12-10-23)19(26)16-8-5-13-27-16/h5,8,13-15,17H,3-4,6-7,9-12H2,1-2H3/t17-/m0/s1. The Morgan fingerprint density at radius 2 is 1.93 bits per heavy atom. The summed E-state index contributed by atoms with van der Waals surface area (Å²) in [5, 5.41) is 12.7. The fourth-order valence-electron chi connectivity index (χ4n) is 4.45. The SMILES string of the molecule is CC(C)[C@@H](c1nnnn1C1CCCC1)N1CCN(C(=O)c2ccco2)CC1. The molecule has 0 bridgehead atoms. The van der Waals surface area contributed by atoms with Gasteiger partial charge in [-0.15, -0.1) is 5.10 Å². The molecule has 0 spiro atoms. The zero-order chi connectivity index (χ0) is 18.8. The van der Waals surface area contributed by atoms with Crippen molar-refractivity contribution in [2.24, 2.45) is 5.92 Å². The number of hydrogen-bond donors (Lipinski definition) is 0. The molecule has 8 nitrogen and oxygen atoms in total. The number of aromatic nitrogens is 4. The first-order chi connectivity index (χ1) is 13.1. The lowest BCUT2D eigenvalue weighted by atomic mass is 10.00. The number of carbonyl (C=O) groups excluding carboxylic acids is 1. The van der Waals surface area contributed by atoms with Crippen molar-refractivity contribution in [2.75, 3.05) is 26.2 Å². The summed E-state index contributed by atoms with van der Waals surface area (Å²) in [6.07, 6.45) is 6.37. The van der Waals surface area contributed by atoms with Crippen molar-refractivity contribution in [3.05, 3.63) is 30.0 Å². The number of tetrazole rings is 1. The first kappa shape index (κ1) is 18.2. The minimum absolute atomic E-state index is 0.0310. The van der Waals surface area contributed by atoms with Crippen LogP contribution in [-0.4, -0.2) is 62.1 Å². The zero-order valence-electron chi connectivity index (χ0n) is 16.1. The topological polar surface area (TPSA) is 80.3 Å². The van der Waals surface area contributed by atoms with Crippen LogP contribution in [0.15, 0.2) is 22.8 Å². The summed E-state index contributed by atoms with van der Waals surface area (Å²) in [4.78, 5) is 16.8. The van der Waals surface area contributed by atoms with E-state index in [0.717, 1.165) is 31.8 Å². The molecule has 8 heteroatoms. The van der Waals surface area contributed by atoms with Crippen LogP contribution in [0.2, 0.25) is 0 Å². The van der Waals surface area contributed by atoms with Gasteiger partial charge in [0.2, 0.25) is 0 Å². The minimum Gasteiger partial charge on any atom is -0.459 e. The molecule has 2 aromatic rings. The predicted molar refractivity (Wildman–Crippen MR) is 99.1 cm³/mol. The third-order valence-corrected chi connectivity index (χ3v) is 5.81. The van der Waals surface area contributed by atoms with E-state index < -0.39 is 0 Å². The Bertz CT molecular complexity index is 742. The first-order valence-electron chi connectivity index (χ1n) is 9.99. The highest BCUT2D eigenvalue weighted by atomic mass is 16.3. The van der Waals surface area contributed by atoms with Gasteiger partial charge in [0.1, 0.15) is 0 Å². The summed E-state index contributed by atoms with van der Waals surface area (Å²) in [7, 11) is 0. The molecule has 3 heterocycles. The number of piperazine rings is 1. The fraction of sp³-hybridized carbons (Fsp3) is 0.684. The molecule has 1 saturated heterocycles. The van der Waals surface area contributed by atoms with E-state index in [0.29, 0.717) is 30.8 Å². The van der Waals surface area contributed by atoms with Gasteiger partial charge in [-0.1, -0.05) is 26.7 Å². The van der Waals surface area contributed by atoms with Crippen LogP contribution in [0.5, 0.6) is 0 Å². The molecule has 0 radical (unpaired) electrons. The second-order valence-corrected chi connectivity index (χ2v) is 7.91. The average Bonchev–Trinajstić information content (AvgIpc) is 3.42. The van der Waals surface area contributed by atoms with Crippen molar-refractivity contribution < 1.29 is 9.21 Å². The fourth-order valence-corrected chi connectivity index (χ4v) is 4.45. The van der Waals surface area contributed by atoms with E-state index in [1.54, 1.807) is 18.4 Å². The van der Waals surface area contributed by atoms with Crippen molar-refractivity contribution in [1.29, 1.82) is 0 Å². The maximum Gasteiger partial charge on any atom is 0.289 e. The molecule has 0 unspecified atom stereocenters. The van der Waals surface area contributed by atoms with Crippen molar-refractivity contribution in [1.82, 2.24) is 30.0 Å². The van der Waals surface area contributed by atoms with Gasteiger partial charge in [-0.05, 0) is 41.3 Å². The molecule has 2 fully saturated rings. The van der Waals surface area contributed by atoms with Crippen molar-refractivity contribution >= 4 is 5.91 Å². The average molecular weight is 372 g/mol. The second kappa shape index (κ2) is 7.80. The minimum atomic E-state index is -0.0310. The van der Waals surface area contributed by atoms with Crippen LogP contribution in [0.1, 0.15) is 68.0 Å². The lowest BCUT2D eigenvalue weighted by Gasteiger charge is -2.40. The van der Waals surface area contributed by atoms with Crippen LogP contribution >= 0.6 is 0 Å². The summed E-state index contributed by atoms with van der Waals surface area (Å²) in [5.41, 5.74) is 0. The summed E-state index contributed by atoms with van der Waals surface area (Å²) >= 11 is 0. The van der Waals surface area contributed by atoms with Crippen LogP contribution in [0.3, 0.4) is 0 Å². The van der Waals surface area contributed by atoms with E-state index in [1.165, 1.54) is 12.8 Å². The van der Waals surface area contributed by atoms with Gasteiger partial charge in [0.05, 0.1) is 18.3 Å². The third kappa shape index (κ3) is 3.63. The highest BCUT2D eigenvalue weighted by molar-refractivity contribution is 5.91. The summed E-state index contributed by atoms with van der Waals surface area (Å²) < 4.78 is 7.33. The molecule has 1 saturated carbocycles. The Morgan fingerprint density at radius 3 is 2.56 bits per heavy atom. The molecule has 1 amide bonds. The number of rotatable bonds is 5. The molecule has 0 aromatic carbocycles. The molecule has 4 rings (SSSR count). The maximum atomic E-state index is 12.5. The largest absolute Gasteiger partial charge is 0.459 e. The van der Waals surface area contributed by atoms with E-state index in [9.17, 15) is 4.79 Å². The number of hydrogen-bond acceptors (Lipinski definition) is 6. The molecule has 1 aliphatic carbocycles. The van der Waals surface area contributed by atoms with E-state index >= 15 is 0 Å². The van der Waals surface area contributed by atoms with E-state index in [-0.39, 0.29) is 11.9 Å². The lowest BCUT2D eigenvalue weighted by molar-refractivity contribution is 0.0460. The van der Waals surface area contributed by atoms with Gasteiger partial charge in [0, 0.05) is 26.2 Å². The highest BCUT2D eigenvalue weighted by Gasteiger charge is 2.34. The molecular formula is C19H28N6O2. The van der Waals surface area contributed by atoms with Gasteiger partial charge in [-0.3, -0.25) is 9.69 Å². The number of carbonyl (C=O) groups is 1. The van der Waals surface area contributed by atoms with Crippen LogP contribution in [-0.2, 0) is 0 Å². The summed E-state index contributed by atoms with van der Waals surface area (Å²) in [6, 6.07) is 4.07. The van der Waals surface area contributed by atoms with Gasteiger partial charge < -0.3 is 9.32 Å². The lowest BCUT2D eigenvalue weighted by Crippen LogP contribution is -2.50. The molecule has 1 aliphatic heterocycles. The molecular weight excluding hydrogens is 344 g/mol. The normalized spacial score (nSPS) is 20.5. The summed E-state index contributed by atoms with van der Waals surface area (Å²) in [5.74, 6) is 1.75. The van der Waals surface area contributed by atoms with Crippen LogP contribution in [0.4, 0.5) is 0 Å². The highest BCUT2D eigenvalue weighted by Crippen LogP contribution is 2.34. The van der Waals surface area contributed by atoms with E-state index in [2.05, 4.69) is 39.0 Å². The zero-order valence-corrected chi connectivity index (χ0v) is 16.1. The Balaban J connectivity index is 1.47. The van der Waals surface area contributed by atoms with Crippen LogP contribution < -0.4 is 0 Å². The quantitative estimate of drug-likeness (QED) is 0.802. The second-order valence-electron chi connectivity index (χ2n) is 7.91. The van der Waals surface area contributed by atoms with Gasteiger partial charge in [0.25, 0.3) is 5.91 Å². The smallest absolute Gasteiger partial charge is 0.289 e. The number of nitrogens with zero attached hydrogens (tertiary/aromatic N) is 6. The summed E-state index contributed by atoms with van der Waals surface area (Å²) in [6.45, 7) is 7.44. The van der Waals surface area contributed by atoms with Crippen molar-refractivity contribution in [3.63, 3.8) is 0 Å². The van der Waals surface area contributed by atoms with E-state index in [4.69, 9.17) is 4.42 Å². The van der Waals surface area contributed by atoms with Crippen molar-refractivity contribution in [2.45, 2.75) is 51.6 Å². The molecule has 2 aromatic heterocycles. The Kier molecular flexibility index (Phi) is 5.24. The number of amides is 1.